The van der Waals surface area contributed by atoms with Crippen molar-refractivity contribution in [1.82, 2.24) is 14.9 Å². The molecule has 162 valence electrons. The Balaban J connectivity index is 1.33. The molecule has 0 atom stereocenters. The number of furan rings is 1. The number of hydrogen-bond donors (Lipinski definition) is 0. The van der Waals surface area contributed by atoms with Crippen LogP contribution in [0.4, 0.5) is 5.95 Å². The minimum absolute atomic E-state index is 0.140. The molecule has 4 aliphatic heterocycles. The summed E-state index contributed by atoms with van der Waals surface area (Å²) < 4.78 is 17.2. The van der Waals surface area contributed by atoms with Gasteiger partial charge in [0.05, 0.1) is 5.56 Å². The van der Waals surface area contributed by atoms with E-state index in [4.69, 9.17) is 13.9 Å². The second kappa shape index (κ2) is 7.16. The summed E-state index contributed by atoms with van der Waals surface area (Å²) in [5.41, 5.74) is 1.57. The molecule has 0 amide bonds. The van der Waals surface area contributed by atoms with Crippen molar-refractivity contribution in [3.8, 4) is 11.3 Å². The molecule has 7 rings (SSSR count). The summed E-state index contributed by atoms with van der Waals surface area (Å²) in [4.78, 5) is 37.4. The molecule has 32 heavy (non-hydrogen) atoms. The van der Waals surface area contributed by atoms with Crippen molar-refractivity contribution in [2.24, 2.45) is 0 Å². The maximum atomic E-state index is 12.2. The zero-order chi connectivity index (χ0) is 21.7. The quantitative estimate of drug-likeness (QED) is 0.566. The predicted molar refractivity (Wildman–Crippen MR) is 113 cm³/mol. The van der Waals surface area contributed by atoms with Gasteiger partial charge in [0.2, 0.25) is 5.95 Å². The van der Waals surface area contributed by atoms with Gasteiger partial charge in [-0.15, -0.1) is 0 Å². The van der Waals surface area contributed by atoms with Gasteiger partial charge in [-0.1, -0.05) is 18.2 Å². The molecule has 3 saturated heterocycles. The summed E-state index contributed by atoms with van der Waals surface area (Å²) in [6.07, 6.45) is 7.27. The molecule has 1 aromatic carbocycles. The Bertz CT molecular complexity index is 1170. The molecule has 3 aromatic rings. The number of carbonyl (C=O) groups excluding carboxylic acids is 2. The summed E-state index contributed by atoms with van der Waals surface area (Å²) in [5.74, 6) is -1.54. The fourth-order valence-electron chi connectivity index (χ4n) is 4.65. The average molecular weight is 432 g/mol. The third-order valence-corrected chi connectivity index (χ3v) is 6.24. The molecule has 0 saturated carbocycles. The predicted octanol–water partition coefficient (Wildman–Crippen LogP) is 2.48. The Morgan fingerprint density at radius 1 is 0.969 bits per heavy atom. The van der Waals surface area contributed by atoms with Gasteiger partial charge in [-0.2, -0.15) is 0 Å². The summed E-state index contributed by atoms with van der Waals surface area (Å²) in [7, 11) is 0. The summed E-state index contributed by atoms with van der Waals surface area (Å²) in [6.45, 7) is 1.42. The van der Waals surface area contributed by atoms with E-state index in [2.05, 4.69) is 9.97 Å². The molecule has 6 heterocycles. The molecule has 0 radical (unpaired) electrons. The van der Waals surface area contributed by atoms with Crippen LogP contribution in [0.1, 0.15) is 12.8 Å². The van der Waals surface area contributed by atoms with Gasteiger partial charge in [-0.25, -0.2) is 24.5 Å². The highest BCUT2D eigenvalue weighted by Gasteiger charge is 2.53. The molecule has 0 aliphatic carbocycles. The molecular weight excluding hydrogens is 412 g/mol. The lowest BCUT2D eigenvalue weighted by Crippen LogP contribution is -2.58. The SMILES string of the molecule is O=C1C=CC(=O)OC2(CN(c3ncc(-c4cc5ccccc5o4)cn3)C3CCN2CC3)O1. The van der Waals surface area contributed by atoms with Crippen molar-refractivity contribution in [1.29, 1.82) is 0 Å². The molecule has 9 nitrogen and oxygen atoms in total. The van der Waals surface area contributed by atoms with E-state index in [1.54, 1.807) is 12.4 Å². The molecule has 0 N–H and O–H groups in total. The first-order chi connectivity index (χ1) is 15.6. The van der Waals surface area contributed by atoms with Crippen molar-refractivity contribution in [2.45, 2.75) is 24.8 Å². The number of aromatic nitrogens is 2. The van der Waals surface area contributed by atoms with Crippen molar-refractivity contribution >= 4 is 28.9 Å². The Morgan fingerprint density at radius 2 is 1.66 bits per heavy atom. The fourth-order valence-corrected chi connectivity index (χ4v) is 4.65. The van der Waals surface area contributed by atoms with Gasteiger partial charge < -0.3 is 18.8 Å². The van der Waals surface area contributed by atoms with E-state index in [9.17, 15) is 9.59 Å². The zero-order valence-corrected chi connectivity index (χ0v) is 17.1. The number of esters is 2. The van der Waals surface area contributed by atoms with Crippen LogP contribution >= 0.6 is 0 Å². The molecule has 1 spiro atoms. The fraction of sp³-hybridized carbons (Fsp3) is 0.304. The highest BCUT2D eigenvalue weighted by Crippen LogP contribution is 2.36. The van der Waals surface area contributed by atoms with Crippen LogP contribution in [0.25, 0.3) is 22.3 Å². The number of piperidine rings is 1. The molecule has 0 unspecified atom stereocenters. The lowest BCUT2D eigenvalue weighted by Gasteiger charge is -2.39. The number of ether oxygens (including phenoxy) is 2. The Labute approximate surface area is 183 Å². The van der Waals surface area contributed by atoms with Crippen molar-refractivity contribution in [3.05, 3.63) is 54.9 Å². The summed E-state index contributed by atoms with van der Waals surface area (Å²) in [6, 6.07) is 9.91. The second-order valence-corrected chi connectivity index (χ2v) is 8.15. The maximum Gasteiger partial charge on any atom is 0.339 e. The number of benzene rings is 1. The van der Waals surface area contributed by atoms with Crippen LogP contribution in [-0.2, 0) is 19.1 Å². The molecule has 3 fully saturated rings. The van der Waals surface area contributed by atoms with Gasteiger partial charge >= 0.3 is 17.8 Å². The van der Waals surface area contributed by atoms with E-state index >= 15 is 0 Å². The second-order valence-electron chi connectivity index (χ2n) is 8.15. The Morgan fingerprint density at radius 3 is 2.34 bits per heavy atom. The van der Waals surface area contributed by atoms with Crippen molar-refractivity contribution in [3.63, 3.8) is 0 Å². The van der Waals surface area contributed by atoms with Crippen LogP contribution in [0.5, 0.6) is 0 Å². The molecule has 2 bridgehead atoms. The van der Waals surface area contributed by atoms with Crippen molar-refractivity contribution in [2.75, 3.05) is 24.5 Å². The lowest BCUT2D eigenvalue weighted by atomic mass is 10.1. The Hall–Kier alpha value is -3.72. The van der Waals surface area contributed by atoms with E-state index < -0.39 is 17.8 Å². The number of rotatable bonds is 2. The first-order valence-electron chi connectivity index (χ1n) is 10.6. The number of anilines is 1. The number of fused-ring (bicyclic) bond motifs is 4. The summed E-state index contributed by atoms with van der Waals surface area (Å²) in [5, 5.41) is 1.01. The van der Waals surface area contributed by atoms with Crippen LogP contribution in [0.2, 0.25) is 0 Å². The van der Waals surface area contributed by atoms with Gasteiger partial charge in [0.1, 0.15) is 17.9 Å². The van der Waals surface area contributed by atoms with Crippen LogP contribution < -0.4 is 4.90 Å². The highest BCUT2D eigenvalue weighted by atomic mass is 16.8. The Kier molecular flexibility index (Phi) is 4.25. The molecule has 4 aliphatic rings. The molecular formula is C23H20N4O5. The van der Waals surface area contributed by atoms with Gasteiger partial charge in [0, 0.05) is 49.1 Å². The lowest BCUT2D eigenvalue weighted by molar-refractivity contribution is -0.274. The highest BCUT2D eigenvalue weighted by molar-refractivity contribution is 5.93. The third-order valence-electron chi connectivity index (χ3n) is 6.24. The number of hydrogen-bond acceptors (Lipinski definition) is 9. The summed E-state index contributed by atoms with van der Waals surface area (Å²) >= 11 is 0. The first-order valence-corrected chi connectivity index (χ1v) is 10.6. The van der Waals surface area contributed by atoms with E-state index in [0.717, 1.165) is 41.5 Å². The maximum absolute atomic E-state index is 12.2. The van der Waals surface area contributed by atoms with Crippen LogP contribution in [0.15, 0.2) is 59.3 Å². The van der Waals surface area contributed by atoms with Crippen LogP contribution in [0, 0.1) is 0 Å². The minimum Gasteiger partial charge on any atom is -0.456 e. The van der Waals surface area contributed by atoms with Gasteiger partial charge in [0.15, 0.2) is 0 Å². The normalized spacial score (nSPS) is 24.3. The largest absolute Gasteiger partial charge is 0.456 e. The van der Waals surface area contributed by atoms with E-state index in [1.807, 2.05) is 40.1 Å². The smallest absolute Gasteiger partial charge is 0.339 e. The number of para-hydroxylation sites is 1. The third kappa shape index (κ3) is 3.13. The van der Waals surface area contributed by atoms with Crippen molar-refractivity contribution < 1.29 is 23.5 Å². The average Bonchev–Trinajstić information content (AvgIpc) is 3.05. The number of carbonyl (C=O) groups is 2. The van der Waals surface area contributed by atoms with E-state index in [1.165, 1.54) is 0 Å². The number of nitrogens with zero attached hydrogens (tertiary/aromatic N) is 4. The van der Waals surface area contributed by atoms with Crippen LogP contribution in [-0.4, -0.2) is 58.4 Å². The topological polar surface area (TPSA) is 98.0 Å². The van der Waals surface area contributed by atoms with E-state index in [-0.39, 0.29) is 12.6 Å². The monoisotopic (exact) mass is 432 g/mol. The van der Waals surface area contributed by atoms with Crippen LogP contribution in [0.3, 0.4) is 0 Å². The zero-order valence-electron chi connectivity index (χ0n) is 17.1. The standard InChI is InChI=1S/C23H20N4O5/c28-20-5-6-21(29)32-23(31-20)14-27(17-7-9-26(23)10-8-17)22-24-12-16(13-25-22)19-11-15-3-1-2-4-18(15)30-19/h1-6,11-13,17H,7-10,14H2. The molecule has 9 heteroatoms. The first kappa shape index (κ1) is 19.0. The van der Waals surface area contributed by atoms with Gasteiger partial charge in [0.25, 0.3) is 0 Å². The molecule has 2 aromatic heterocycles. The van der Waals surface area contributed by atoms with E-state index in [0.29, 0.717) is 24.8 Å². The minimum atomic E-state index is -1.50. The van der Waals surface area contributed by atoms with Gasteiger partial charge in [-0.05, 0) is 25.0 Å². The van der Waals surface area contributed by atoms with Gasteiger partial charge in [-0.3, -0.25) is 0 Å².